The fourth-order valence-electron chi connectivity index (χ4n) is 2.21. The molecule has 2 heteroatoms. The molecule has 0 aromatic carbocycles. The standard InChI is InChI=1S/C11H20O2/c1-9(2)13-8-11(10-3-4-10)5-6-12-7-11/h9-10H,3-8H2,1-2H3. The summed E-state index contributed by atoms with van der Waals surface area (Å²) >= 11 is 0. The molecule has 1 saturated carbocycles. The normalized spacial score (nSPS) is 34.4. The molecule has 0 bridgehead atoms. The summed E-state index contributed by atoms with van der Waals surface area (Å²) in [6.07, 6.45) is 4.36. The van der Waals surface area contributed by atoms with Crippen LogP contribution in [0, 0.1) is 11.3 Å². The van der Waals surface area contributed by atoms with Crippen molar-refractivity contribution in [2.75, 3.05) is 19.8 Å². The first-order valence-corrected chi connectivity index (χ1v) is 5.42. The van der Waals surface area contributed by atoms with Crippen LogP contribution in [-0.2, 0) is 9.47 Å². The van der Waals surface area contributed by atoms with E-state index in [1.165, 1.54) is 19.3 Å². The Hall–Kier alpha value is -0.0800. The van der Waals surface area contributed by atoms with Gasteiger partial charge in [-0.1, -0.05) is 0 Å². The van der Waals surface area contributed by atoms with E-state index in [9.17, 15) is 0 Å². The van der Waals surface area contributed by atoms with Crippen molar-refractivity contribution in [2.45, 2.75) is 39.2 Å². The molecule has 1 aliphatic heterocycles. The molecule has 2 rings (SSSR count). The molecule has 2 aliphatic rings. The fraction of sp³-hybridized carbons (Fsp3) is 1.00. The average Bonchev–Trinajstić information content (AvgIpc) is 2.84. The molecule has 0 N–H and O–H groups in total. The lowest BCUT2D eigenvalue weighted by Gasteiger charge is -2.28. The quantitative estimate of drug-likeness (QED) is 0.667. The molecule has 1 unspecified atom stereocenters. The molecule has 2 nitrogen and oxygen atoms in total. The second kappa shape index (κ2) is 3.58. The van der Waals surface area contributed by atoms with E-state index in [4.69, 9.17) is 9.47 Å². The van der Waals surface area contributed by atoms with E-state index < -0.39 is 0 Å². The van der Waals surface area contributed by atoms with Gasteiger partial charge in [-0.25, -0.2) is 0 Å². The summed E-state index contributed by atoms with van der Waals surface area (Å²) in [6, 6.07) is 0. The molecule has 76 valence electrons. The Morgan fingerprint density at radius 2 is 2.23 bits per heavy atom. The minimum absolute atomic E-state index is 0.358. The Kier molecular flexibility index (Phi) is 2.61. The predicted molar refractivity (Wildman–Crippen MR) is 51.7 cm³/mol. The molecule has 2 fully saturated rings. The molecule has 0 amide bonds. The predicted octanol–water partition coefficient (Wildman–Crippen LogP) is 2.23. The summed E-state index contributed by atoms with van der Waals surface area (Å²) < 4.78 is 11.3. The summed E-state index contributed by atoms with van der Waals surface area (Å²) in [6.45, 7) is 7.00. The second-order valence-electron chi connectivity index (χ2n) is 4.80. The molecular weight excluding hydrogens is 164 g/mol. The monoisotopic (exact) mass is 184 g/mol. The fourth-order valence-corrected chi connectivity index (χ4v) is 2.21. The third kappa shape index (κ3) is 2.05. The van der Waals surface area contributed by atoms with Gasteiger partial charge in [-0.2, -0.15) is 0 Å². The van der Waals surface area contributed by atoms with Crippen LogP contribution in [0.3, 0.4) is 0 Å². The average molecular weight is 184 g/mol. The zero-order chi connectivity index (χ0) is 9.31. The Morgan fingerprint density at radius 1 is 1.46 bits per heavy atom. The molecule has 1 atom stereocenters. The van der Waals surface area contributed by atoms with Gasteiger partial charge < -0.3 is 9.47 Å². The molecule has 0 spiro atoms. The van der Waals surface area contributed by atoms with Crippen LogP contribution in [-0.4, -0.2) is 25.9 Å². The highest BCUT2D eigenvalue weighted by Gasteiger charge is 2.47. The van der Waals surface area contributed by atoms with Gasteiger partial charge >= 0.3 is 0 Å². The summed E-state index contributed by atoms with van der Waals surface area (Å²) in [4.78, 5) is 0. The van der Waals surface area contributed by atoms with Crippen LogP contribution in [0.2, 0.25) is 0 Å². The summed E-state index contributed by atoms with van der Waals surface area (Å²) in [7, 11) is 0. The van der Waals surface area contributed by atoms with Crippen molar-refractivity contribution in [3.05, 3.63) is 0 Å². The molecule has 0 aromatic rings. The van der Waals surface area contributed by atoms with E-state index in [0.29, 0.717) is 11.5 Å². The lowest BCUT2D eigenvalue weighted by molar-refractivity contribution is -0.00876. The summed E-state index contributed by atoms with van der Waals surface area (Å²) in [5.74, 6) is 0.897. The van der Waals surface area contributed by atoms with Crippen LogP contribution in [0.1, 0.15) is 33.1 Å². The molecule has 13 heavy (non-hydrogen) atoms. The highest BCUT2D eigenvalue weighted by atomic mass is 16.5. The first kappa shape index (κ1) is 9.47. The van der Waals surface area contributed by atoms with Gasteiger partial charge in [-0.3, -0.25) is 0 Å². The van der Waals surface area contributed by atoms with Crippen molar-refractivity contribution in [3.8, 4) is 0 Å². The van der Waals surface area contributed by atoms with E-state index in [1.807, 2.05) is 0 Å². The van der Waals surface area contributed by atoms with Gasteiger partial charge in [0.05, 0.1) is 19.3 Å². The maximum absolute atomic E-state index is 5.75. The molecule has 1 aliphatic carbocycles. The van der Waals surface area contributed by atoms with Gasteiger partial charge in [0.15, 0.2) is 0 Å². The number of hydrogen-bond donors (Lipinski definition) is 0. The maximum atomic E-state index is 5.75. The second-order valence-corrected chi connectivity index (χ2v) is 4.80. The van der Waals surface area contributed by atoms with Gasteiger partial charge in [-0.05, 0) is 39.0 Å². The SMILES string of the molecule is CC(C)OCC1(C2CC2)CCOC1. The number of hydrogen-bond acceptors (Lipinski definition) is 2. The topological polar surface area (TPSA) is 18.5 Å². The van der Waals surface area contributed by atoms with Crippen molar-refractivity contribution in [3.63, 3.8) is 0 Å². The van der Waals surface area contributed by atoms with Crippen LogP contribution >= 0.6 is 0 Å². The molecule has 0 aromatic heterocycles. The molecular formula is C11H20O2. The summed E-state index contributed by atoms with van der Waals surface area (Å²) in [5.41, 5.74) is 0.393. The van der Waals surface area contributed by atoms with E-state index in [1.54, 1.807) is 0 Å². The van der Waals surface area contributed by atoms with Crippen LogP contribution in [0.4, 0.5) is 0 Å². The number of rotatable bonds is 4. The van der Waals surface area contributed by atoms with Gasteiger partial charge in [0, 0.05) is 12.0 Å². The highest BCUT2D eigenvalue weighted by molar-refractivity contribution is 4.96. The van der Waals surface area contributed by atoms with Crippen molar-refractivity contribution >= 4 is 0 Å². The van der Waals surface area contributed by atoms with Crippen LogP contribution < -0.4 is 0 Å². The zero-order valence-corrected chi connectivity index (χ0v) is 8.71. The lowest BCUT2D eigenvalue weighted by Crippen LogP contribution is -2.31. The maximum Gasteiger partial charge on any atom is 0.0551 e. The highest BCUT2D eigenvalue weighted by Crippen LogP contribution is 2.50. The first-order chi connectivity index (χ1) is 6.23. The third-order valence-electron chi connectivity index (χ3n) is 3.28. The van der Waals surface area contributed by atoms with Crippen molar-refractivity contribution < 1.29 is 9.47 Å². The zero-order valence-electron chi connectivity index (χ0n) is 8.71. The van der Waals surface area contributed by atoms with E-state index in [0.717, 1.165) is 25.7 Å². The van der Waals surface area contributed by atoms with Crippen LogP contribution in [0.25, 0.3) is 0 Å². The Labute approximate surface area is 80.6 Å². The Morgan fingerprint density at radius 3 is 2.69 bits per heavy atom. The van der Waals surface area contributed by atoms with Crippen molar-refractivity contribution in [1.29, 1.82) is 0 Å². The van der Waals surface area contributed by atoms with Gasteiger partial charge in [0.25, 0.3) is 0 Å². The van der Waals surface area contributed by atoms with E-state index in [2.05, 4.69) is 13.8 Å². The molecule has 0 radical (unpaired) electrons. The lowest BCUT2D eigenvalue weighted by atomic mass is 9.83. The first-order valence-electron chi connectivity index (χ1n) is 5.42. The van der Waals surface area contributed by atoms with Crippen molar-refractivity contribution in [1.82, 2.24) is 0 Å². The minimum Gasteiger partial charge on any atom is -0.381 e. The minimum atomic E-state index is 0.358. The Balaban J connectivity index is 1.89. The number of ether oxygens (including phenoxy) is 2. The van der Waals surface area contributed by atoms with Crippen molar-refractivity contribution in [2.24, 2.45) is 11.3 Å². The Bertz CT molecular complexity index is 167. The third-order valence-corrected chi connectivity index (χ3v) is 3.28. The van der Waals surface area contributed by atoms with Gasteiger partial charge in [0.2, 0.25) is 0 Å². The van der Waals surface area contributed by atoms with E-state index >= 15 is 0 Å². The van der Waals surface area contributed by atoms with Crippen LogP contribution in [0.15, 0.2) is 0 Å². The summed E-state index contributed by atoms with van der Waals surface area (Å²) in [5, 5.41) is 0. The largest absolute Gasteiger partial charge is 0.381 e. The van der Waals surface area contributed by atoms with Gasteiger partial charge in [-0.15, -0.1) is 0 Å². The molecule has 1 heterocycles. The smallest absolute Gasteiger partial charge is 0.0551 e. The van der Waals surface area contributed by atoms with Crippen LogP contribution in [0.5, 0.6) is 0 Å². The van der Waals surface area contributed by atoms with Gasteiger partial charge in [0.1, 0.15) is 0 Å². The van der Waals surface area contributed by atoms with E-state index in [-0.39, 0.29) is 0 Å². The molecule has 1 saturated heterocycles.